The van der Waals surface area contributed by atoms with Gasteiger partial charge < -0.3 is 5.32 Å². The van der Waals surface area contributed by atoms with Crippen molar-refractivity contribution in [2.75, 3.05) is 25.0 Å². The third-order valence-electron chi connectivity index (χ3n) is 5.33. The lowest BCUT2D eigenvalue weighted by atomic mass is 9.82. The van der Waals surface area contributed by atoms with E-state index < -0.39 is 10.0 Å². The van der Waals surface area contributed by atoms with Crippen LogP contribution in [-0.2, 0) is 16.4 Å². The fraction of sp³-hybridized carbons (Fsp3) is 0.625. The molecule has 1 aromatic rings. The van der Waals surface area contributed by atoms with Crippen molar-refractivity contribution in [1.29, 1.82) is 0 Å². The van der Waals surface area contributed by atoms with Gasteiger partial charge >= 0.3 is 0 Å². The van der Waals surface area contributed by atoms with Gasteiger partial charge in [0, 0.05) is 25.3 Å². The van der Waals surface area contributed by atoms with Crippen molar-refractivity contribution in [3.05, 3.63) is 23.8 Å². The number of anilines is 1. The molecule has 2 aliphatic rings. The van der Waals surface area contributed by atoms with Crippen LogP contribution in [0.15, 0.2) is 23.1 Å². The highest BCUT2D eigenvalue weighted by Gasteiger charge is 2.40. The van der Waals surface area contributed by atoms with E-state index >= 15 is 0 Å². The molecular weight excluding hydrogens is 284 g/mol. The van der Waals surface area contributed by atoms with Gasteiger partial charge in [-0.2, -0.15) is 4.31 Å². The Kier molecular flexibility index (Phi) is 3.74. The fourth-order valence-corrected chi connectivity index (χ4v) is 5.09. The highest BCUT2D eigenvalue weighted by Crippen LogP contribution is 2.39. The summed E-state index contributed by atoms with van der Waals surface area (Å²) in [6.45, 7) is 6.54. The smallest absolute Gasteiger partial charge is 0.243 e. The first-order valence-corrected chi connectivity index (χ1v) is 9.32. The first-order valence-electron chi connectivity index (χ1n) is 7.88. The van der Waals surface area contributed by atoms with Gasteiger partial charge in [0.15, 0.2) is 0 Å². The molecule has 0 saturated carbocycles. The van der Waals surface area contributed by atoms with E-state index in [0.29, 0.717) is 18.0 Å². The summed E-state index contributed by atoms with van der Waals surface area (Å²) in [7, 11) is -3.36. The molecule has 1 aromatic carbocycles. The second kappa shape index (κ2) is 5.29. The fourth-order valence-electron chi connectivity index (χ4n) is 3.51. The Bertz CT molecular complexity index is 636. The van der Waals surface area contributed by atoms with E-state index in [9.17, 15) is 8.42 Å². The minimum Gasteiger partial charge on any atom is -0.384 e. The molecule has 0 aliphatic carbocycles. The van der Waals surface area contributed by atoms with Crippen LogP contribution in [0.1, 0.15) is 38.7 Å². The molecule has 3 rings (SSSR count). The molecule has 0 unspecified atom stereocenters. The van der Waals surface area contributed by atoms with Crippen molar-refractivity contribution in [2.45, 2.75) is 44.4 Å². The van der Waals surface area contributed by atoms with E-state index in [0.717, 1.165) is 37.9 Å². The maximum atomic E-state index is 12.9. The molecule has 1 saturated heterocycles. The third kappa shape index (κ3) is 2.46. The van der Waals surface area contributed by atoms with Crippen LogP contribution in [0.5, 0.6) is 0 Å². The molecular formula is C16H24N2O2S. The number of nitrogens with one attached hydrogen (secondary N) is 1. The van der Waals surface area contributed by atoms with E-state index in [1.165, 1.54) is 5.56 Å². The van der Waals surface area contributed by atoms with Crippen LogP contribution in [0.3, 0.4) is 0 Å². The lowest BCUT2D eigenvalue weighted by molar-refractivity contribution is 0.279. The molecule has 1 fully saturated rings. The SMILES string of the molecule is CCC1(CC)CCN(S(=O)(=O)c2ccc3c(c2)NCC3)C1. The van der Waals surface area contributed by atoms with Crippen molar-refractivity contribution in [1.82, 2.24) is 4.31 Å². The minimum atomic E-state index is -3.36. The molecule has 21 heavy (non-hydrogen) atoms. The molecule has 0 spiro atoms. The Hall–Kier alpha value is -1.07. The number of sulfonamides is 1. The van der Waals surface area contributed by atoms with Crippen LogP contribution in [0.25, 0.3) is 0 Å². The molecule has 116 valence electrons. The van der Waals surface area contributed by atoms with Gasteiger partial charge in [0.05, 0.1) is 4.90 Å². The number of benzene rings is 1. The molecule has 2 aliphatic heterocycles. The van der Waals surface area contributed by atoms with Gasteiger partial charge in [-0.1, -0.05) is 19.9 Å². The van der Waals surface area contributed by atoms with Gasteiger partial charge in [0.2, 0.25) is 10.0 Å². The monoisotopic (exact) mass is 308 g/mol. The zero-order valence-corrected chi connectivity index (χ0v) is 13.7. The molecule has 2 heterocycles. The van der Waals surface area contributed by atoms with E-state index in [-0.39, 0.29) is 5.41 Å². The standard InChI is InChI=1S/C16H24N2O2S/c1-3-16(4-2)8-10-18(12-16)21(19,20)14-6-5-13-7-9-17-15(13)11-14/h5-6,11,17H,3-4,7-10,12H2,1-2H3. The summed E-state index contributed by atoms with van der Waals surface area (Å²) in [6.07, 6.45) is 4.04. The van der Waals surface area contributed by atoms with Gasteiger partial charge in [0.1, 0.15) is 0 Å². The van der Waals surface area contributed by atoms with Gasteiger partial charge in [-0.25, -0.2) is 8.42 Å². The summed E-state index contributed by atoms with van der Waals surface area (Å²) in [6, 6.07) is 5.51. The van der Waals surface area contributed by atoms with Crippen LogP contribution in [0, 0.1) is 5.41 Å². The van der Waals surface area contributed by atoms with E-state index in [1.807, 2.05) is 6.07 Å². The number of fused-ring (bicyclic) bond motifs is 1. The largest absolute Gasteiger partial charge is 0.384 e. The van der Waals surface area contributed by atoms with Gasteiger partial charge in [-0.05, 0) is 48.8 Å². The second-order valence-corrected chi connectivity index (χ2v) is 8.23. The zero-order valence-electron chi connectivity index (χ0n) is 12.9. The molecule has 0 aromatic heterocycles. The normalized spacial score (nSPS) is 21.2. The summed E-state index contributed by atoms with van der Waals surface area (Å²) in [4.78, 5) is 0.429. The molecule has 0 radical (unpaired) electrons. The second-order valence-electron chi connectivity index (χ2n) is 6.29. The molecule has 0 amide bonds. The summed E-state index contributed by atoms with van der Waals surface area (Å²) in [5.74, 6) is 0. The van der Waals surface area contributed by atoms with Crippen molar-refractivity contribution in [3.8, 4) is 0 Å². The van der Waals surface area contributed by atoms with Crippen LogP contribution in [-0.4, -0.2) is 32.4 Å². The zero-order chi connectivity index (χ0) is 15.1. The summed E-state index contributed by atoms with van der Waals surface area (Å²) >= 11 is 0. The van der Waals surface area contributed by atoms with Crippen LogP contribution < -0.4 is 5.32 Å². The van der Waals surface area contributed by atoms with Gasteiger partial charge in [-0.3, -0.25) is 0 Å². The van der Waals surface area contributed by atoms with E-state index in [2.05, 4.69) is 19.2 Å². The molecule has 1 N–H and O–H groups in total. The average molecular weight is 308 g/mol. The van der Waals surface area contributed by atoms with Crippen LogP contribution in [0.4, 0.5) is 5.69 Å². The first kappa shape index (κ1) is 14.9. The van der Waals surface area contributed by atoms with Gasteiger partial charge in [0.25, 0.3) is 0 Å². The van der Waals surface area contributed by atoms with Crippen molar-refractivity contribution in [3.63, 3.8) is 0 Å². The molecule has 0 bridgehead atoms. The maximum absolute atomic E-state index is 12.9. The predicted molar refractivity (Wildman–Crippen MR) is 85.0 cm³/mol. The Morgan fingerprint density at radius 1 is 1.29 bits per heavy atom. The predicted octanol–water partition coefficient (Wildman–Crippen LogP) is 2.86. The Morgan fingerprint density at radius 2 is 2.05 bits per heavy atom. The van der Waals surface area contributed by atoms with E-state index in [4.69, 9.17) is 0 Å². The van der Waals surface area contributed by atoms with Crippen molar-refractivity contribution < 1.29 is 8.42 Å². The topological polar surface area (TPSA) is 49.4 Å². The Morgan fingerprint density at radius 3 is 2.71 bits per heavy atom. The van der Waals surface area contributed by atoms with Crippen molar-refractivity contribution in [2.24, 2.45) is 5.41 Å². The highest BCUT2D eigenvalue weighted by molar-refractivity contribution is 7.89. The number of rotatable bonds is 4. The lowest BCUT2D eigenvalue weighted by Gasteiger charge is -2.26. The summed E-state index contributed by atoms with van der Waals surface area (Å²) < 4.78 is 27.4. The summed E-state index contributed by atoms with van der Waals surface area (Å²) in [5, 5.41) is 3.26. The third-order valence-corrected chi connectivity index (χ3v) is 7.17. The van der Waals surface area contributed by atoms with Crippen LogP contribution in [0.2, 0.25) is 0 Å². The van der Waals surface area contributed by atoms with Crippen molar-refractivity contribution >= 4 is 15.7 Å². The number of hydrogen-bond donors (Lipinski definition) is 1. The maximum Gasteiger partial charge on any atom is 0.243 e. The quantitative estimate of drug-likeness (QED) is 0.930. The molecule has 4 nitrogen and oxygen atoms in total. The number of nitrogens with zero attached hydrogens (tertiary/aromatic N) is 1. The lowest BCUT2D eigenvalue weighted by Crippen LogP contribution is -2.31. The minimum absolute atomic E-state index is 0.169. The van der Waals surface area contributed by atoms with Gasteiger partial charge in [-0.15, -0.1) is 0 Å². The molecule has 0 atom stereocenters. The Labute approximate surface area is 127 Å². The number of hydrogen-bond acceptors (Lipinski definition) is 3. The molecule has 5 heteroatoms. The summed E-state index contributed by atoms with van der Waals surface area (Å²) in [5.41, 5.74) is 2.36. The van der Waals surface area contributed by atoms with Crippen LogP contribution >= 0.6 is 0 Å². The van der Waals surface area contributed by atoms with E-state index in [1.54, 1.807) is 16.4 Å². The highest BCUT2D eigenvalue weighted by atomic mass is 32.2. The average Bonchev–Trinajstić information content (AvgIpc) is 3.14. The first-order chi connectivity index (χ1) is 10.0. The Balaban J connectivity index is 1.88.